The number of aromatic nitrogens is 4. The van der Waals surface area contributed by atoms with E-state index >= 15 is 0 Å². The summed E-state index contributed by atoms with van der Waals surface area (Å²) < 4.78 is 1.99. The molecule has 2 aromatic carbocycles. The Balaban J connectivity index is 1.51. The summed E-state index contributed by atoms with van der Waals surface area (Å²) in [4.78, 5) is 15.2. The third-order valence-electron chi connectivity index (χ3n) is 4.81. The van der Waals surface area contributed by atoms with E-state index in [0.717, 1.165) is 39.5 Å². The molecule has 148 valence electrons. The minimum absolute atomic E-state index is 0.274. The Bertz CT molecular complexity index is 1260. The van der Waals surface area contributed by atoms with Gasteiger partial charge < -0.3 is 10.4 Å². The fourth-order valence-electron chi connectivity index (χ4n) is 3.30. The Morgan fingerprint density at radius 1 is 0.933 bits per heavy atom. The third-order valence-corrected chi connectivity index (χ3v) is 5.68. The lowest BCUT2D eigenvalue weighted by Gasteiger charge is -2.09. The first-order chi connectivity index (χ1) is 14.8. The summed E-state index contributed by atoms with van der Waals surface area (Å²) in [6.07, 6.45) is 2.59. The number of phenols is 1. The van der Waals surface area contributed by atoms with Crippen LogP contribution in [0.2, 0.25) is 0 Å². The molecule has 6 nitrogen and oxygen atoms in total. The maximum Gasteiger partial charge on any atom is 0.174 e. The van der Waals surface area contributed by atoms with Gasteiger partial charge in [-0.25, -0.2) is 15.0 Å². The first-order valence-corrected chi connectivity index (χ1v) is 10.5. The zero-order chi connectivity index (χ0) is 20.3. The number of benzene rings is 2. The molecule has 3 aromatic heterocycles. The number of hydrogen-bond acceptors (Lipinski definition) is 6. The zero-order valence-electron chi connectivity index (χ0n) is 16.1. The summed E-state index contributed by atoms with van der Waals surface area (Å²) in [7, 11) is 0. The van der Waals surface area contributed by atoms with E-state index in [0.29, 0.717) is 12.4 Å². The minimum Gasteiger partial charge on any atom is -0.508 e. The van der Waals surface area contributed by atoms with Crippen molar-refractivity contribution in [3.05, 3.63) is 84.0 Å². The third kappa shape index (κ3) is 3.62. The van der Waals surface area contributed by atoms with E-state index in [1.165, 1.54) is 0 Å². The normalized spacial score (nSPS) is 11.1. The van der Waals surface area contributed by atoms with Crippen LogP contribution in [-0.2, 0) is 6.42 Å². The van der Waals surface area contributed by atoms with Crippen molar-refractivity contribution >= 4 is 28.3 Å². The van der Waals surface area contributed by atoms with Crippen LogP contribution in [0.1, 0.15) is 5.56 Å². The van der Waals surface area contributed by atoms with Crippen molar-refractivity contribution in [3.8, 4) is 22.1 Å². The molecule has 0 bridgehead atoms. The van der Waals surface area contributed by atoms with Crippen LogP contribution in [0.15, 0.2) is 78.4 Å². The molecule has 0 radical (unpaired) electrons. The van der Waals surface area contributed by atoms with Crippen LogP contribution in [0.25, 0.3) is 27.6 Å². The van der Waals surface area contributed by atoms with E-state index in [1.807, 2.05) is 64.5 Å². The highest BCUT2D eigenvalue weighted by molar-refractivity contribution is 7.13. The zero-order valence-corrected chi connectivity index (χ0v) is 16.9. The Labute approximate surface area is 177 Å². The van der Waals surface area contributed by atoms with Crippen molar-refractivity contribution in [2.75, 3.05) is 11.9 Å². The van der Waals surface area contributed by atoms with Gasteiger partial charge in [0.1, 0.15) is 12.1 Å². The number of phenolic OH excluding ortho intramolecular Hbond substituents is 1. The molecule has 30 heavy (non-hydrogen) atoms. The van der Waals surface area contributed by atoms with Crippen LogP contribution in [0.5, 0.6) is 5.75 Å². The highest BCUT2D eigenvalue weighted by atomic mass is 32.1. The number of para-hydroxylation sites is 1. The van der Waals surface area contributed by atoms with Crippen molar-refractivity contribution in [3.63, 3.8) is 0 Å². The predicted octanol–water partition coefficient (Wildman–Crippen LogP) is 4.90. The summed E-state index contributed by atoms with van der Waals surface area (Å²) in [5, 5.41) is 14.9. The Kier molecular flexibility index (Phi) is 4.86. The predicted molar refractivity (Wildman–Crippen MR) is 120 cm³/mol. The number of thiophene rings is 1. The van der Waals surface area contributed by atoms with Crippen molar-refractivity contribution in [1.82, 2.24) is 19.5 Å². The van der Waals surface area contributed by atoms with E-state index < -0.39 is 0 Å². The molecule has 5 aromatic rings. The molecule has 3 heterocycles. The lowest BCUT2D eigenvalue weighted by Crippen LogP contribution is -2.08. The first kappa shape index (κ1) is 18.3. The van der Waals surface area contributed by atoms with Crippen LogP contribution in [0, 0.1) is 0 Å². The van der Waals surface area contributed by atoms with Gasteiger partial charge in [-0.1, -0.05) is 36.4 Å². The molecule has 0 fully saturated rings. The summed E-state index contributed by atoms with van der Waals surface area (Å²) in [6, 6.07) is 21.3. The number of imidazole rings is 1. The molecule has 0 aliphatic heterocycles. The Hall–Kier alpha value is -3.71. The van der Waals surface area contributed by atoms with Crippen molar-refractivity contribution < 1.29 is 5.11 Å². The van der Waals surface area contributed by atoms with Gasteiger partial charge in [0.2, 0.25) is 0 Å². The summed E-state index contributed by atoms with van der Waals surface area (Å²) >= 11 is 1.61. The number of aromatic hydroxyl groups is 1. The molecule has 7 heteroatoms. The van der Waals surface area contributed by atoms with Crippen molar-refractivity contribution in [2.24, 2.45) is 0 Å². The van der Waals surface area contributed by atoms with Gasteiger partial charge in [0.25, 0.3) is 0 Å². The number of rotatable bonds is 6. The highest BCUT2D eigenvalue weighted by Gasteiger charge is 2.15. The van der Waals surface area contributed by atoms with Crippen LogP contribution in [-0.4, -0.2) is 31.2 Å². The fraction of sp³-hybridized carbons (Fsp3) is 0.0870. The lowest BCUT2D eigenvalue weighted by molar-refractivity contribution is 0.475. The summed E-state index contributed by atoms with van der Waals surface area (Å²) in [5.74, 6) is 1.68. The van der Waals surface area contributed by atoms with Gasteiger partial charge in [0.05, 0.1) is 4.88 Å². The molecule has 0 amide bonds. The van der Waals surface area contributed by atoms with E-state index in [4.69, 9.17) is 9.97 Å². The van der Waals surface area contributed by atoms with E-state index in [1.54, 1.807) is 29.8 Å². The van der Waals surface area contributed by atoms with E-state index in [-0.39, 0.29) is 5.75 Å². The maximum absolute atomic E-state index is 9.45. The van der Waals surface area contributed by atoms with Crippen LogP contribution >= 0.6 is 11.3 Å². The molecule has 0 spiro atoms. The summed E-state index contributed by atoms with van der Waals surface area (Å²) in [6.45, 7) is 0.693. The Morgan fingerprint density at radius 2 is 1.77 bits per heavy atom. The quantitative estimate of drug-likeness (QED) is 0.414. The topological polar surface area (TPSA) is 75.9 Å². The number of nitrogens with one attached hydrogen (secondary N) is 1. The minimum atomic E-state index is 0.274. The van der Waals surface area contributed by atoms with Crippen molar-refractivity contribution in [2.45, 2.75) is 6.42 Å². The van der Waals surface area contributed by atoms with Crippen molar-refractivity contribution in [1.29, 1.82) is 0 Å². The van der Waals surface area contributed by atoms with E-state index in [9.17, 15) is 5.11 Å². The first-order valence-electron chi connectivity index (χ1n) is 9.64. The number of fused-ring (bicyclic) bond motifs is 1. The second kappa shape index (κ2) is 7.96. The molecule has 0 saturated heterocycles. The number of hydrogen-bond donors (Lipinski definition) is 2. The monoisotopic (exact) mass is 413 g/mol. The average Bonchev–Trinajstić information content (AvgIpc) is 3.46. The Morgan fingerprint density at radius 3 is 2.53 bits per heavy atom. The van der Waals surface area contributed by atoms with Gasteiger partial charge >= 0.3 is 0 Å². The fourth-order valence-corrected chi connectivity index (χ4v) is 3.96. The van der Waals surface area contributed by atoms with Gasteiger partial charge in [0, 0.05) is 12.2 Å². The van der Waals surface area contributed by atoms with Gasteiger partial charge in [0.15, 0.2) is 22.8 Å². The van der Waals surface area contributed by atoms with Crippen LogP contribution in [0.3, 0.4) is 0 Å². The summed E-state index contributed by atoms with van der Waals surface area (Å²) in [5.41, 5.74) is 3.65. The molecule has 0 unspecified atom stereocenters. The maximum atomic E-state index is 9.45. The molecule has 0 atom stereocenters. The van der Waals surface area contributed by atoms with Crippen LogP contribution in [0.4, 0.5) is 5.82 Å². The molecule has 0 saturated carbocycles. The number of anilines is 1. The smallest absolute Gasteiger partial charge is 0.174 e. The number of nitrogens with zero attached hydrogens (tertiary/aromatic N) is 4. The second-order valence-electron chi connectivity index (χ2n) is 6.84. The SMILES string of the molecule is Oc1ccc(CCNc2nc(-c3cccs3)nc3c2ncn3-c2ccccc2)cc1. The largest absolute Gasteiger partial charge is 0.508 e. The molecule has 2 N–H and O–H groups in total. The molecule has 0 aliphatic carbocycles. The van der Waals surface area contributed by atoms with Gasteiger partial charge in [-0.15, -0.1) is 11.3 Å². The van der Waals surface area contributed by atoms with Gasteiger partial charge in [-0.3, -0.25) is 4.57 Å². The highest BCUT2D eigenvalue weighted by Crippen LogP contribution is 2.28. The average molecular weight is 414 g/mol. The molecule has 5 rings (SSSR count). The van der Waals surface area contributed by atoms with Gasteiger partial charge in [-0.2, -0.15) is 0 Å². The van der Waals surface area contributed by atoms with E-state index in [2.05, 4.69) is 10.3 Å². The van der Waals surface area contributed by atoms with Gasteiger partial charge in [-0.05, 0) is 47.7 Å². The molecular weight excluding hydrogens is 394 g/mol. The lowest BCUT2D eigenvalue weighted by atomic mass is 10.1. The standard InChI is InChI=1S/C23H19N5OS/c29-18-10-8-16(9-11-18)12-13-24-22-20-23(27-21(26-22)19-7-4-14-30-19)28(15-25-20)17-5-2-1-3-6-17/h1-11,14-15,29H,12-13H2,(H,24,26,27). The molecule has 0 aliphatic rings. The van der Waals surface area contributed by atoms with Crippen LogP contribution < -0.4 is 5.32 Å². The second-order valence-corrected chi connectivity index (χ2v) is 7.79. The molecular formula is C23H19N5OS.